The van der Waals surface area contributed by atoms with Gasteiger partial charge >= 0.3 is 6.09 Å². The largest absolute Gasteiger partial charge is 0.465 e. The highest BCUT2D eigenvalue weighted by atomic mass is 79.9. The predicted molar refractivity (Wildman–Crippen MR) is 134 cm³/mol. The van der Waals surface area contributed by atoms with Gasteiger partial charge in [-0.05, 0) is 53.2 Å². The first-order chi connectivity index (χ1) is 17.4. The minimum Gasteiger partial charge on any atom is -0.465 e. The summed E-state index contributed by atoms with van der Waals surface area (Å²) in [7, 11) is 0. The van der Waals surface area contributed by atoms with E-state index < -0.39 is 6.09 Å². The Morgan fingerprint density at radius 2 is 1.97 bits per heavy atom. The third-order valence-corrected chi connectivity index (χ3v) is 8.24. The molecule has 14 heteroatoms. The number of amides is 2. The Labute approximate surface area is 218 Å². The number of carbonyl (C=O) groups is 2. The number of aromatic nitrogens is 4. The van der Waals surface area contributed by atoms with E-state index in [1.165, 1.54) is 18.1 Å². The molecule has 2 amide bonds. The van der Waals surface area contributed by atoms with Crippen LogP contribution in [0.15, 0.2) is 33.0 Å². The lowest BCUT2D eigenvalue weighted by molar-refractivity contribution is -0.131. The molecule has 0 saturated carbocycles. The van der Waals surface area contributed by atoms with Gasteiger partial charge in [0.2, 0.25) is 12.7 Å². The molecule has 2 aliphatic heterocycles. The van der Waals surface area contributed by atoms with Crippen molar-refractivity contribution in [1.29, 1.82) is 0 Å². The van der Waals surface area contributed by atoms with Crippen molar-refractivity contribution >= 4 is 56.7 Å². The van der Waals surface area contributed by atoms with Crippen molar-refractivity contribution in [3.05, 3.63) is 22.9 Å². The standard InChI is InChI=1S/C22H24BrN7O5S/c23-13-7-14-15(35-11-34-14)8-16(13)36-21-28-18-19(24)26-10-27-20(18)30(21)6-3-12-1-4-29(5-2-12)17(31)9-25-22(32)33/h7-8,10,12,25H,1-6,9,11H2,(H,32,33)(H2,24,26,27). The number of fused-ring (bicyclic) bond motifs is 2. The van der Waals surface area contributed by atoms with Crippen LogP contribution >= 0.6 is 27.7 Å². The Morgan fingerprint density at radius 3 is 2.72 bits per heavy atom. The Kier molecular flexibility index (Phi) is 7.05. The number of nitrogens with one attached hydrogen (secondary N) is 1. The van der Waals surface area contributed by atoms with Crippen LogP contribution < -0.4 is 20.5 Å². The second-order valence-electron chi connectivity index (χ2n) is 8.49. The second-order valence-corrected chi connectivity index (χ2v) is 10.4. The Hall–Kier alpha value is -3.26. The molecule has 36 heavy (non-hydrogen) atoms. The summed E-state index contributed by atoms with van der Waals surface area (Å²) in [6.45, 7) is 1.89. The molecular weight excluding hydrogens is 554 g/mol. The molecule has 0 aliphatic carbocycles. The zero-order valence-electron chi connectivity index (χ0n) is 19.1. The maximum Gasteiger partial charge on any atom is 0.405 e. The molecule has 4 heterocycles. The number of nitrogens with zero attached hydrogens (tertiary/aromatic N) is 5. The number of ether oxygens (including phenoxy) is 2. The Morgan fingerprint density at radius 1 is 1.22 bits per heavy atom. The number of nitrogen functional groups attached to an aromatic ring is 1. The summed E-state index contributed by atoms with van der Waals surface area (Å²) in [5.41, 5.74) is 7.33. The summed E-state index contributed by atoms with van der Waals surface area (Å²) < 4.78 is 13.9. The van der Waals surface area contributed by atoms with Crippen LogP contribution in [0.4, 0.5) is 10.6 Å². The van der Waals surface area contributed by atoms with Gasteiger partial charge in [-0.2, -0.15) is 0 Å². The molecule has 0 radical (unpaired) electrons. The maximum atomic E-state index is 12.2. The van der Waals surface area contributed by atoms with Gasteiger partial charge in [0.25, 0.3) is 0 Å². The summed E-state index contributed by atoms with van der Waals surface area (Å²) in [5.74, 6) is 1.91. The van der Waals surface area contributed by atoms with E-state index >= 15 is 0 Å². The van der Waals surface area contributed by atoms with Crippen molar-refractivity contribution < 1.29 is 24.2 Å². The van der Waals surface area contributed by atoms with Crippen molar-refractivity contribution in [2.45, 2.75) is 35.9 Å². The van der Waals surface area contributed by atoms with Crippen molar-refractivity contribution in [3.63, 3.8) is 0 Å². The molecule has 12 nitrogen and oxygen atoms in total. The van der Waals surface area contributed by atoms with E-state index in [1.807, 2.05) is 12.1 Å². The Bertz CT molecular complexity index is 1310. The molecule has 1 saturated heterocycles. The number of hydrogen-bond donors (Lipinski definition) is 3. The molecule has 2 aromatic heterocycles. The van der Waals surface area contributed by atoms with E-state index in [0.717, 1.165) is 33.8 Å². The number of likely N-dealkylation sites (tertiary alicyclic amines) is 1. The number of hydrogen-bond acceptors (Lipinski definition) is 9. The zero-order valence-corrected chi connectivity index (χ0v) is 21.5. The average Bonchev–Trinajstić information content (AvgIpc) is 3.46. The number of carbonyl (C=O) groups excluding carboxylic acids is 1. The van der Waals surface area contributed by atoms with Crippen molar-refractivity contribution in [2.75, 3.05) is 32.2 Å². The van der Waals surface area contributed by atoms with E-state index in [1.54, 1.807) is 4.90 Å². The predicted octanol–water partition coefficient (Wildman–Crippen LogP) is 2.95. The van der Waals surface area contributed by atoms with E-state index in [9.17, 15) is 9.59 Å². The van der Waals surface area contributed by atoms with Gasteiger partial charge in [-0.3, -0.25) is 4.79 Å². The number of halogens is 1. The van der Waals surface area contributed by atoms with Gasteiger partial charge < -0.3 is 35.1 Å². The fourth-order valence-corrected chi connectivity index (χ4v) is 5.84. The minimum absolute atomic E-state index is 0.195. The van der Waals surface area contributed by atoms with Gasteiger partial charge in [-0.15, -0.1) is 0 Å². The lowest BCUT2D eigenvalue weighted by atomic mass is 9.93. The molecular formula is C22H24BrN7O5S. The van der Waals surface area contributed by atoms with Crippen LogP contribution in [0.2, 0.25) is 0 Å². The van der Waals surface area contributed by atoms with Gasteiger partial charge in [-0.25, -0.2) is 19.7 Å². The quantitative estimate of drug-likeness (QED) is 0.381. The monoisotopic (exact) mass is 577 g/mol. The first-order valence-electron chi connectivity index (χ1n) is 11.4. The molecule has 2 aliphatic rings. The van der Waals surface area contributed by atoms with Crippen LogP contribution in [0, 0.1) is 5.92 Å². The number of imidazole rings is 1. The molecule has 5 rings (SSSR count). The summed E-state index contributed by atoms with van der Waals surface area (Å²) in [4.78, 5) is 38.8. The summed E-state index contributed by atoms with van der Waals surface area (Å²) in [5, 5.41) is 11.6. The fraction of sp³-hybridized carbons (Fsp3) is 0.409. The maximum absolute atomic E-state index is 12.2. The van der Waals surface area contributed by atoms with E-state index in [2.05, 4.69) is 35.8 Å². The van der Waals surface area contributed by atoms with Crippen LogP contribution in [-0.4, -0.2) is 68.0 Å². The van der Waals surface area contributed by atoms with E-state index in [4.69, 9.17) is 25.3 Å². The number of carboxylic acid groups (broad SMARTS) is 1. The lowest BCUT2D eigenvalue weighted by Gasteiger charge is -2.32. The molecule has 0 unspecified atom stereocenters. The lowest BCUT2D eigenvalue weighted by Crippen LogP contribution is -2.43. The van der Waals surface area contributed by atoms with Crippen LogP contribution in [0.25, 0.3) is 11.2 Å². The average molecular weight is 578 g/mol. The molecule has 0 bridgehead atoms. The third kappa shape index (κ3) is 5.14. The molecule has 0 spiro atoms. The van der Waals surface area contributed by atoms with Crippen LogP contribution in [0.1, 0.15) is 19.3 Å². The van der Waals surface area contributed by atoms with Crippen LogP contribution in [0.3, 0.4) is 0 Å². The highest BCUT2D eigenvalue weighted by Crippen LogP contribution is 2.43. The number of rotatable bonds is 7. The van der Waals surface area contributed by atoms with Gasteiger partial charge in [0, 0.05) is 29.0 Å². The molecule has 0 atom stereocenters. The molecule has 3 aromatic rings. The van der Waals surface area contributed by atoms with E-state index in [0.29, 0.717) is 54.0 Å². The molecule has 4 N–H and O–H groups in total. The third-order valence-electron chi connectivity index (χ3n) is 6.27. The van der Waals surface area contributed by atoms with Gasteiger partial charge in [0.15, 0.2) is 33.6 Å². The van der Waals surface area contributed by atoms with E-state index in [-0.39, 0.29) is 19.2 Å². The fourth-order valence-electron chi connectivity index (χ4n) is 4.33. The van der Waals surface area contributed by atoms with Crippen molar-refractivity contribution in [3.8, 4) is 11.5 Å². The summed E-state index contributed by atoms with van der Waals surface area (Å²) in [6, 6.07) is 3.80. The smallest absolute Gasteiger partial charge is 0.405 e. The minimum atomic E-state index is -1.20. The summed E-state index contributed by atoms with van der Waals surface area (Å²) >= 11 is 5.09. The normalized spacial score (nSPS) is 15.4. The first-order valence-corrected chi connectivity index (χ1v) is 13.0. The van der Waals surface area contributed by atoms with Gasteiger partial charge in [0.1, 0.15) is 12.9 Å². The number of benzene rings is 1. The van der Waals surface area contributed by atoms with Crippen molar-refractivity contribution in [2.24, 2.45) is 5.92 Å². The number of anilines is 1. The zero-order chi connectivity index (χ0) is 25.2. The number of nitrogens with two attached hydrogens (primary N) is 1. The first kappa shape index (κ1) is 24.4. The van der Waals surface area contributed by atoms with Crippen LogP contribution in [-0.2, 0) is 11.3 Å². The number of aryl methyl sites for hydroxylation is 1. The highest BCUT2D eigenvalue weighted by Gasteiger charge is 2.25. The molecule has 190 valence electrons. The van der Waals surface area contributed by atoms with Gasteiger partial charge in [0.05, 0.1) is 0 Å². The topological polar surface area (TPSA) is 158 Å². The highest BCUT2D eigenvalue weighted by molar-refractivity contribution is 9.10. The SMILES string of the molecule is Nc1ncnc2c1nc(Sc1cc3c(cc1Br)OCO3)n2CCC1CCN(C(=O)CNC(=O)O)CC1. The Balaban J connectivity index is 1.30. The summed E-state index contributed by atoms with van der Waals surface area (Å²) in [6.07, 6.45) is 2.81. The second kappa shape index (κ2) is 10.4. The van der Waals surface area contributed by atoms with Crippen molar-refractivity contribution in [1.82, 2.24) is 29.7 Å². The van der Waals surface area contributed by atoms with Crippen LogP contribution in [0.5, 0.6) is 11.5 Å². The molecule has 1 fully saturated rings. The molecule has 1 aromatic carbocycles. The van der Waals surface area contributed by atoms with Gasteiger partial charge in [-0.1, -0.05) is 11.8 Å². The number of piperidine rings is 1.